The first-order valence-corrected chi connectivity index (χ1v) is 9.75. The van der Waals surface area contributed by atoms with Crippen molar-refractivity contribution >= 4 is 45.6 Å². The Labute approximate surface area is 172 Å². The van der Waals surface area contributed by atoms with Crippen molar-refractivity contribution in [2.75, 3.05) is 23.9 Å². The molecule has 1 amide bonds. The lowest BCUT2D eigenvalue weighted by atomic mass is 10.1. The van der Waals surface area contributed by atoms with Gasteiger partial charge in [-0.1, -0.05) is 12.1 Å². The summed E-state index contributed by atoms with van der Waals surface area (Å²) in [5, 5.41) is 2.05. The molecule has 3 rings (SSSR count). The summed E-state index contributed by atoms with van der Waals surface area (Å²) in [7, 11) is 3.87. The van der Waals surface area contributed by atoms with Crippen LogP contribution >= 0.6 is 11.3 Å². The van der Waals surface area contributed by atoms with Gasteiger partial charge in [-0.2, -0.15) is 0 Å². The summed E-state index contributed by atoms with van der Waals surface area (Å²) in [6.07, 6.45) is 3.02. The van der Waals surface area contributed by atoms with E-state index in [1.54, 1.807) is 35.7 Å². The number of amides is 1. The molecule has 148 valence electrons. The Morgan fingerprint density at radius 3 is 2.38 bits per heavy atom. The van der Waals surface area contributed by atoms with E-state index in [1.165, 1.54) is 41.4 Å². The zero-order chi connectivity index (χ0) is 21.0. The maximum Gasteiger partial charge on any atom is 0.230 e. The Hall–Kier alpha value is -3.32. The van der Waals surface area contributed by atoms with Crippen LogP contribution in [0.3, 0.4) is 0 Å². The van der Waals surface area contributed by atoms with Crippen LogP contribution in [0.2, 0.25) is 0 Å². The zero-order valence-corrected chi connectivity index (χ0v) is 17.1. The van der Waals surface area contributed by atoms with Crippen LogP contribution in [0.4, 0.5) is 20.9 Å². The van der Waals surface area contributed by atoms with Crippen molar-refractivity contribution in [3.05, 3.63) is 77.1 Å². The van der Waals surface area contributed by atoms with Gasteiger partial charge in [0.15, 0.2) is 10.9 Å². The van der Waals surface area contributed by atoms with Gasteiger partial charge in [-0.05, 0) is 48.6 Å². The summed E-state index contributed by atoms with van der Waals surface area (Å²) in [5.74, 6) is -1.01. The van der Waals surface area contributed by atoms with Gasteiger partial charge in [0.25, 0.3) is 0 Å². The predicted octanol–water partition coefficient (Wildman–Crippen LogP) is 4.93. The highest BCUT2D eigenvalue weighted by Gasteiger charge is 2.20. The lowest BCUT2D eigenvalue weighted by Crippen LogP contribution is -2.23. The number of rotatable bonds is 6. The fourth-order valence-corrected chi connectivity index (χ4v) is 3.52. The topological polar surface area (TPSA) is 53.5 Å². The highest BCUT2D eigenvalue weighted by molar-refractivity contribution is 7.14. The monoisotopic (exact) mass is 409 g/mol. The molecule has 0 atom stereocenters. The molecule has 0 saturated heterocycles. The third-order valence-corrected chi connectivity index (χ3v) is 5.03. The van der Waals surface area contributed by atoms with E-state index >= 15 is 0 Å². The Morgan fingerprint density at radius 1 is 1.07 bits per heavy atom. The van der Waals surface area contributed by atoms with Gasteiger partial charge in [0.2, 0.25) is 5.91 Å². The number of hydrogen-bond donors (Lipinski definition) is 0. The molecule has 0 aliphatic heterocycles. The van der Waals surface area contributed by atoms with E-state index < -0.39 is 5.82 Å². The molecule has 1 aromatic heterocycles. The van der Waals surface area contributed by atoms with Gasteiger partial charge in [-0.25, -0.2) is 9.37 Å². The molecule has 0 unspecified atom stereocenters. The van der Waals surface area contributed by atoms with Gasteiger partial charge < -0.3 is 4.90 Å². The van der Waals surface area contributed by atoms with E-state index in [1.807, 2.05) is 31.1 Å². The Bertz CT molecular complexity index is 1060. The van der Waals surface area contributed by atoms with Crippen LogP contribution in [0.15, 0.2) is 60.0 Å². The Balaban J connectivity index is 1.79. The molecule has 0 radical (unpaired) electrons. The number of carbonyl (C=O) groups excluding carboxylic acids is 2. The van der Waals surface area contributed by atoms with E-state index in [9.17, 15) is 14.0 Å². The van der Waals surface area contributed by atoms with E-state index in [-0.39, 0.29) is 17.4 Å². The maximum absolute atomic E-state index is 14.1. The van der Waals surface area contributed by atoms with E-state index in [0.29, 0.717) is 16.4 Å². The van der Waals surface area contributed by atoms with Crippen molar-refractivity contribution < 1.29 is 14.0 Å². The van der Waals surface area contributed by atoms with Crippen LogP contribution in [0.1, 0.15) is 23.0 Å². The third-order valence-electron chi connectivity index (χ3n) is 4.18. The normalized spacial score (nSPS) is 10.9. The standard InChI is InChI=1S/C22H20FN3O2S/c1-15(27)26(20-7-5-4-6-19(20)23)22-24-17(14-29-22)10-13-21(28)16-8-11-18(12-9-16)25(2)3/h4-14H,1-3H3/b13-10+. The van der Waals surface area contributed by atoms with Crippen LogP contribution in [0.5, 0.6) is 0 Å². The summed E-state index contributed by atoms with van der Waals surface area (Å²) < 4.78 is 14.1. The summed E-state index contributed by atoms with van der Waals surface area (Å²) in [6.45, 7) is 1.35. The molecule has 1 heterocycles. The summed E-state index contributed by atoms with van der Waals surface area (Å²) >= 11 is 1.20. The van der Waals surface area contributed by atoms with Crippen molar-refractivity contribution in [1.29, 1.82) is 0 Å². The van der Waals surface area contributed by atoms with Crippen molar-refractivity contribution in [3.8, 4) is 0 Å². The maximum atomic E-state index is 14.1. The minimum absolute atomic E-state index is 0.141. The van der Waals surface area contributed by atoms with Crippen LogP contribution in [0, 0.1) is 5.82 Å². The largest absolute Gasteiger partial charge is 0.378 e. The first-order valence-electron chi connectivity index (χ1n) is 8.87. The number of nitrogens with zero attached hydrogens (tertiary/aromatic N) is 3. The molecule has 0 fully saturated rings. The van der Waals surface area contributed by atoms with Crippen molar-refractivity contribution in [1.82, 2.24) is 4.98 Å². The van der Waals surface area contributed by atoms with Gasteiger partial charge in [-0.15, -0.1) is 11.3 Å². The van der Waals surface area contributed by atoms with Crippen molar-refractivity contribution in [3.63, 3.8) is 0 Å². The van der Waals surface area contributed by atoms with E-state index in [2.05, 4.69) is 4.98 Å². The number of allylic oxidation sites excluding steroid dienone is 1. The molecule has 0 aliphatic rings. The minimum atomic E-state index is -0.508. The quantitative estimate of drug-likeness (QED) is 0.428. The first kappa shape index (κ1) is 20.4. The van der Waals surface area contributed by atoms with Crippen molar-refractivity contribution in [2.24, 2.45) is 0 Å². The second-order valence-electron chi connectivity index (χ2n) is 6.50. The molecule has 2 aromatic carbocycles. The SMILES string of the molecule is CC(=O)N(c1nc(/C=C/C(=O)c2ccc(N(C)C)cc2)cs1)c1ccccc1F. The van der Waals surface area contributed by atoms with Crippen LogP contribution in [0.25, 0.3) is 6.08 Å². The first-order chi connectivity index (χ1) is 13.9. The van der Waals surface area contributed by atoms with Gasteiger partial charge in [-0.3, -0.25) is 14.5 Å². The van der Waals surface area contributed by atoms with E-state index in [4.69, 9.17) is 0 Å². The number of carbonyl (C=O) groups is 2. The fraction of sp³-hybridized carbons (Fsp3) is 0.136. The number of halogens is 1. The summed E-state index contributed by atoms with van der Waals surface area (Å²) in [4.78, 5) is 32.0. The second-order valence-corrected chi connectivity index (χ2v) is 7.34. The molecule has 5 nitrogen and oxygen atoms in total. The van der Waals surface area contributed by atoms with Crippen molar-refractivity contribution in [2.45, 2.75) is 6.92 Å². The lowest BCUT2D eigenvalue weighted by molar-refractivity contribution is -0.115. The van der Waals surface area contributed by atoms with Gasteiger partial charge >= 0.3 is 0 Å². The Kier molecular flexibility index (Phi) is 6.19. The molecule has 0 N–H and O–H groups in total. The molecule has 0 aliphatic carbocycles. The van der Waals surface area contributed by atoms with Crippen LogP contribution in [-0.2, 0) is 4.79 Å². The Morgan fingerprint density at radius 2 is 1.76 bits per heavy atom. The minimum Gasteiger partial charge on any atom is -0.378 e. The molecule has 0 saturated carbocycles. The molecule has 0 spiro atoms. The highest BCUT2D eigenvalue weighted by Crippen LogP contribution is 2.31. The molecule has 7 heteroatoms. The molecular formula is C22H20FN3O2S. The second kappa shape index (κ2) is 8.79. The molecule has 0 bridgehead atoms. The summed E-state index contributed by atoms with van der Waals surface area (Å²) in [6, 6.07) is 13.3. The lowest BCUT2D eigenvalue weighted by Gasteiger charge is -2.18. The van der Waals surface area contributed by atoms with Gasteiger partial charge in [0.1, 0.15) is 5.82 Å². The smallest absolute Gasteiger partial charge is 0.230 e. The van der Waals surface area contributed by atoms with Crippen LogP contribution < -0.4 is 9.80 Å². The third kappa shape index (κ3) is 4.75. The van der Waals surface area contributed by atoms with Gasteiger partial charge in [0.05, 0.1) is 11.4 Å². The number of thiazole rings is 1. The zero-order valence-electron chi connectivity index (χ0n) is 16.3. The molecule has 29 heavy (non-hydrogen) atoms. The van der Waals surface area contributed by atoms with Gasteiger partial charge in [0, 0.05) is 37.6 Å². The number of anilines is 3. The number of para-hydroxylation sites is 1. The number of ketones is 1. The molecular weight excluding hydrogens is 389 g/mol. The van der Waals surface area contributed by atoms with E-state index in [0.717, 1.165) is 5.69 Å². The predicted molar refractivity (Wildman–Crippen MR) is 115 cm³/mol. The number of hydrogen-bond acceptors (Lipinski definition) is 5. The average molecular weight is 409 g/mol. The summed E-state index contributed by atoms with van der Waals surface area (Å²) in [5.41, 5.74) is 2.24. The highest BCUT2D eigenvalue weighted by atomic mass is 32.1. The number of aromatic nitrogens is 1. The fourth-order valence-electron chi connectivity index (χ4n) is 2.68. The average Bonchev–Trinajstić information content (AvgIpc) is 3.16. The van der Waals surface area contributed by atoms with Crippen LogP contribution in [-0.4, -0.2) is 30.8 Å². The molecule has 3 aromatic rings. The number of benzene rings is 2.